The Hall–Kier alpha value is -2.67. The van der Waals surface area contributed by atoms with Crippen molar-refractivity contribution < 1.29 is 14.3 Å². The number of hydrogen-bond acceptors (Lipinski definition) is 6. The Morgan fingerprint density at radius 3 is 2.93 bits per heavy atom. The maximum Gasteiger partial charge on any atom is 0.260 e. The number of carbonyl (C=O) groups excluding carboxylic acids is 1. The van der Waals surface area contributed by atoms with E-state index >= 15 is 0 Å². The van der Waals surface area contributed by atoms with Crippen LogP contribution in [0.4, 0.5) is 0 Å². The summed E-state index contributed by atoms with van der Waals surface area (Å²) in [6.07, 6.45) is 6.15. The third kappa shape index (κ3) is 4.09. The van der Waals surface area contributed by atoms with E-state index in [0.717, 1.165) is 36.5 Å². The number of para-hydroxylation sites is 2. The van der Waals surface area contributed by atoms with Crippen LogP contribution in [0.2, 0.25) is 0 Å². The van der Waals surface area contributed by atoms with Gasteiger partial charge in [0.2, 0.25) is 0 Å². The standard InChI is InChI=1S/C21H26N4O3/c1-27-18-7-2-3-8-19(18)28-14-20(26)25-11-9-16-15(13-25)12-23-21(24-16)17-6-4-5-10-22-17/h2-3,7-8,12,17,22H,4-6,9-11,13-14H2,1H3. The molecule has 0 spiro atoms. The molecule has 1 N–H and O–H groups in total. The molecule has 1 atom stereocenters. The molecule has 1 aromatic carbocycles. The molecule has 148 valence electrons. The Balaban J connectivity index is 1.37. The zero-order valence-electron chi connectivity index (χ0n) is 16.2. The molecule has 0 bridgehead atoms. The average molecular weight is 382 g/mol. The minimum Gasteiger partial charge on any atom is -0.493 e. The number of methoxy groups -OCH3 is 1. The number of ether oxygens (including phenoxy) is 2. The summed E-state index contributed by atoms with van der Waals surface area (Å²) >= 11 is 0. The Kier molecular flexibility index (Phi) is 5.71. The van der Waals surface area contributed by atoms with E-state index in [2.05, 4.69) is 10.3 Å². The predicted molar refractivity (Wildman–Crippen MR) is 104 cm³/mol. The Labute approximate surface area is 165 Å². The fraction of sp³-hybridized carbons (Fsp3) is 0.476. The lowest BCUT2D eigenvalue weighted by molar-refractivity contribution is -0.134. The van der Waals surface area contributed by atoms with Gasteiger partial charge in [0, 0.05) is 31.3 Å². The molecular weight excluding hydrogens is 356 g/mol. The highest BCUT2D eigenvalue weighted by Gasteiger charge is 2.25. The zero-order chi connectivity index (χ0) is 19.3. The topological polar surface area (TPSA) is 76.6 Å². The van der Waals surface area contributed by atoms with Crippen LogP contribution in [0.1, 0.15) is 42.4 Å². The van der Waals surface area contributed by atoms with Crippen LogP contribution >= 0.6 is 0 Å². The summed E-state index contributed by atoms with van der Waals surface area (Å²) in [7, 11) is 1.59. The van der Waals surface area contributed by atoms with Crippen molar-refractivity contribution in [3.63, 3.8) is 0 Å². The van der Waals surface area contributed by atoms with E-state index in [4.69, 9.17) is 14.5 Å². The maximum atomic E-state index is 12.6. The van der Waals surface area contributed by atoms with Gasteiger partial charge in [0.25, 0.3) is 5.91 Å². The van der Waals surface area contributed by atoms with Gasteiger partial charge in [0.05, 0.1) is 18.8 Å². The second kappa shape index (κ2) is 8.56. The molecule has 0 radical (unpaired) electrons. The number of carbonyl (C=O) groups is 1. The van der Waals surface area contributed by atoms with Gasteiger partial charge in [0.1, 0.15) is 5.82 Å². The van der Waals surface area contributed by atoms with Gasteiger partial charge in [-0.1, -0.05) is 18.6 Å². The largest absolute Gasteiger partial charge is 0.493 e. The van der Waals surface area contributed by atoms with Gasteiger partial charge in [-0.3, -0.25) is 4.79 Å². The molecule has 3 heterocycles. The van der Waals surface area contributed by atoms with Crippen molar-refractivity contribution in [2.45, 2.75) is 38.3 Å². The second-order valence-corrected chi connectivity index (χ2v) is 7.21. The molecule has 1 amide bonds. The maximum absolute atomic E-state index is 12.6. The number of fused-ring (bicyclic) bond motifs is 1. The highest BCUT2D eigenvalue weighted by molar-refractivity contribution is 5.78. The normalized spacial score (nSPS) is 19.0. The van der Waals surface area contributed by atoms with Crippen molar-refractivity contribution in [2.24, 2.45) is 0 Å². The van der Waals surface area contributed by atoms with E-state index in [1.165, 1.54) is 12.8 Å². The molecule has 7 heteroatoms. The minimum atomic E-state index is -0.0467. The van der Waals surface area contributed by atoms with Crippen molar-refractivity contribution in [3.8, 4) is 11.5 Å². The zero-order valence-corrected chi connectivity index (χ0v) is 16.2. The summed E-state index contributed by atoms with van der Waals surface area (Å²) in [5, 5.41) is 3.49. The molecule has 1 fully saturated rings. The number of amides is 1. The van der Waals surface area contributed by atoms with E-state index in [1.54, 1.807) is 18.1 Å². The van der Waals surface area contributed by atoms with Gasteiger partial charge in [-0.05, 0) is 31.5 Å². The average Bonchev–Trinajstić information content (AvgIpc) is 2.77. The van der Waals surface area contributed by atoms with Gasteiger partial charge in [-0.2, -0.15) is 0 Å². The molecule has 1 saturated heterocycles. The van der Waals surface area contributed by atoms with Crippen molar-refractivity contribution in [3.05, 3.63) is 47.5 Å². The fourth-order valence-electron chi connectivity index (χ4n) is 3.75. The van der Waals surface area contributed by atoms with Crippen LogP contribution in [0, 0.1) is 0 Å². The summed E-state index contributed by atoms with van der Waals surface area (Å²) in [6, 6.07) is 7.59. The summed E-state index contributed by atoms with van der Waals surface area (Å²) in [5.41, 5.74) is 2.09. The van der Waals surface area contributed by atoms with Gasteiger partial charge >= 0.3 is 0 Å². The minimum absolute atomic E-state index is 0.0133. The number of nitrogens with one attached hydrogen (secondary N) is 1. The number of benzene rings is 1. The van der Waals surface area contributed by atoms with Crippen LogP contribution in [0.3, 0.4) is 0 Å². The Morgan fingerprint density at radius 2 is 2.14 bits per heavy atom. The molecule has 1 unspecified atom stereocenters. The van der Waals surface area contributed by atoms with E-state index in [1.807, 2.05) is 24.4 Å². The van der Waals surface area contributed by atoms with Gasteiger partial charge in [0.15, 0.2) is 18.1 Å². The van der Waals surface area contributed by atoms with E-state index in [0.29, 0.717) is 24.6 Å². The first kappa shape index (κ1) is 18.7. The lowest BCUT2D eigenvalue weighted by Crippen LogP contribution is -2.39. The number of aromatic nitrogens is 2. The molecule has 2 aliphatic rings. The Bertz CT molecular complexity index is 836. The molecule has 4 rings (SSSR count). The highest BCUT2D eigenvalue weighted by Crippen LogP contribution is 2.26. The van der Waals surface area contributed by atoms with Crippen molar-refractivity contribution in [1.29, 1.82) is 0 Å². The molecule has 0 saturated carbocycles. The van der Waals surface area contributed by atoms with Crippen LogP contribution in [-0.4, -0.2) is 47.6 Å². The molecule has 2 aliphatic heterocycles. The first-order valence-electron chi connectivity index (χ1n) is 9.86. The fourth-order valence-corrected chi connectivity index (χ4v) is 3.75. The monoisotopic (exact) mass is 382 g/mol. The van der Waals surface area contributed by atoms with E-state index in [-0.39, 0.29) is 18.6 Å². The molecule has 1 aromatic heterocycles. The predicted octanol–water partition coefficient (Wildman–Crippen LogP) is 2.26. The second-order valence-electron chi connectivity index (χ2n) is 7.21. The number of piperidine rings is 1. The smallest absolute Gasteiger partial charge is 0.260 e. The summed E-state index contributed by atoms with van der Waals surface area (Å²) in [6.45, 7) is 2.19. The first-order valence-corrected chi connectivity index (χ1v) is 9.86. The van der Waals surface area contributed by atoms with Crippen LogP contribution in [-0.2, 0) is 17.8 Å². The molecule has 28 heavy (non-hydrogen) atoms. The summed E-state index contributed by atoms with van der Waals surface area (Å²) < 4.78 is 10.9. The quantitative estimate of drug-likeness (QED) is 0.855. The molecule has 2 aromatic rings. The highest BCUT2D eigenvalue weighted by atomic mass is 16.5. The van der Waals surface area contributed by atoms with Crippen molar-refractivity contribution in [2.75, 3.05) is 26.8 Å². The van der Waals surface area contributed by atoms with Gasteiger partial charge in [-0.15, -0.1) is 0 Å². The van der Waals surface area contributed by atoms with Crippen LogP contribution < -0.4 is 14.8 Å². The van der Waals surface area contributed by atoms with Crippen LogP contribution in [0.5, 0.6) is 11.5 Å². The molecule has 0 aliphatic carbocycles. The molecular formula is C21H26N4O3. The summed E-state index contributed by atoms with van der Waals surface area (Å²) in [5.74, 6) is 2.03. The lowest BCUT2D eigenvalue weighted by Gasteiger charge is -2.29. The number of hydrogen-bond donors (Lipinski definition) is 1. The van der Waals surface area contributed by atoms with Crippen molar-refractivity contribution >= 4 is 5.91 Å². The Morgan fingerprint density at radius 1 is 1.29 bits per heavy atom. The van der Waals surface area contributed by atoms with E-state index in [9.17, 15) is 4.79 Å². The van der Waals surface area contributed by atoms with Crippen LogP contribution in [0.15, 0.2) is 30.5 Å². The van der Waals surface area contributed by atoms with E-state index < -0.39 is 0 Å². The third-order valence-corrected chi connectivity index (χ3v) is 5.35. The number of nitrogens with zero attached hydrogens (tertiary/aromatic N) is 3. The summed E-state index contributed by atoms with van der Waals surface area (Å²) in [4.78, 5) is 23.8. The third-order valence-electron chi connectivity index (χ3n) is 5.35. The number of rotatable bonds is 5. The van der Waals surface area contributed by atoms with Gasteiger partial charge < -0.3 is 19.7 Å². The first-order chi connectivity index (χ1) is 13.7. The lowest BCUT2D eigenvalue weighted by atomic mass is 10.0. The van der Waals surface area contributed by atoms with Gasteiger partial charge in [-0.25, -0.2) is 9.97 Å². The van der Waals surface area contributed by atoms with Crippen LogP contribution in [0.25, 0.3) is 0 Å². The van der Waals surface area contributed by atoms with Crippen molar-refractivity contribution in [1.82, 2.24) is 20.2 Å². The SMILES string of the molecule is COc1ccccc1OCC(=O)N1CCc2nc(C3CCCCN3)ncc2C1. The molecule has 7 nitrogen and oxygen atoms in total.